The minimum Gasteiger partial charge on any atom is -0.378 e. The van der Waals surface area contributed by atoms with E-state index in [0.29, 0.717) is 39.1 Å². The highest BCUT2D eigenvalue weighted by Crippen LogP contribution is 2.30. The van der Waals surface area contributed by atoms with Crippen molar-refractivity contribution in [1.29, 1.82) is 0 Å². The standard InChI is InChI=1S/C17H26N4O3/c1-14-5-8-18-21(14)13-15(22)19-17(6-3-2-4-7-17)16(23)20-9-11-24-12-10-20/h5,8H,2-4,6-7,9-13H2,1H3,(H,19,22). The third-order valence-corrected chi connectivity index (χ3v) is 5.02. The van der Waals surface area contributed by atoms with Crippen LogP contribution in [0.15, 0.2) is 12.3 Å². The molecule has 1 aromatic heterocycles. The van der Waals surface area contributed by atoms with Crippen molar-refractivity contribution in [2.75, 3.05) is 26.3 Å². The van der Waals surface area contributed by atoms with E-state index in [1.807, 2.05) is 17.9 Å². The fourth-order valence-corrected chi connectivity index (χ4v) is 3.62. The minimum absolute atomic E-state index is 0.0519. The lowest BCUT2D eigenvalue weighted by atomic mass is 9.80. The van der Waals surface area contributed by atoms with Crippen molar-refractivity contribution < 1.29 is 14.3 Å². The molecule has 3 rings (SSSR count). The molecule has 7 nitrogen and oxygen atoms in total. The number of rotatable bonds is 4. The van der Waals surface area contributed by atoms with Gasteiger partial charge in [0.05, 0.1) is 13.2 Å². The summed E-state index contributed by atoms with van der Waals surface area (Å²) in [6.45, 7) is 4.42. The third-order valence-electron chi connectivity index (χ3n) is 5.02. The van der Waals surface area contributed by atoms with Crippen LogP contribution >= 0.6 is 0 Å². The van der Waals surface area contributed by atoms with E-state index in [0.717, 1.165) is 25.0 Å². The molecule has 0 radical (unpaired) electrons. The Bertz CT molecular complexity index is 586. The molecule has 1 saturated carbocycles. The summed E-state index contributed by atoms with van der Waals surface area (Å²) in [7, 11) is 0. The van der Waals surface area contributed by atoms with Crippen molar-refractivity contribution in [2.24, 2.45) is 0 Å². The molecular formula is C17H26N4O3. The van der Waals surface area contributed by atoms with Gasteiger partial charge in [-0.2, -0.15) is 5.10 Å². The molecule has 2 aliphatic rings. The highest BCUT2D eigenvalue weighted by Gasteiger charge is 2.43. The Morgan fingerprint density at radius 2 is 1.96 bits per heavy atom. The van der Waals surface area contributed by atoms with Crippen LogP contribution in [0.25, 0.3) is 0 Å². The molecule has 0 atom stereocenters. The van der Waals surface area contributed by atoms with Gasteiger partial charge in [-0.15, -0.1) is 0 Å². The average Bonchev–Trinajstić information content (AvgIpc) is 3.00. The summed E-state index contributed by atoms with van der Waals surface area (Å²) in [6, 6.07) is 1.86. The van der Waals surface area contributed by atoms with Crippen molar-refractivity contribution in [3.8, 4) is 0 Å². The number of nitrogens with zero attached hydrogens (tertiary/aromatic N) is 3. The van der Waals surface area contributed by atoms with Gasteiger partial charge in [0.2, 0.25) is 11.8 Å². The zero-order valence-corrected chi connectivity index (χ0v) is 14.3. The van der Waals surface area contributed by atoms with Crippen molar-refractivity contribution in [3.63, 3.8) is 0 Å². The van der Waals surface area contributed by atoms with Crippen LogP contribution in [0.1, 0.15) is 37.8 Å². The second-order valence-electron chi connectivity index (χ2n) is 6.73. The molecule has 0 unspecified atom stereocenters. The van der Waals surface area contributed by atoms with Gasteiger partial charge in [0.25, 0.3) is 0 Å². The first-order chi connectivity index (χ1) is 11.6. The highest BCUT2D eigenvalue weighted by atomic mass is 16.5. The largest absolute Gasteiger partial charge is 0.378 e. The summed E-state index contributed by atoms with van der Waals surface area (Å²) in [5.74, 6) is -0.0960. The van der Waals surface area contributed by atoms with Gasteiger partial charge in [-0.25, -0.2) is 0 Å². The summed E-state index contributed by atoms with van der Waals surface area (Å²) in [5.41, 5.74) is 0.177. The Labute approximate surface area is 142 Å². The highest BCUT2D eigenvalue weighted by molar-refractivity contribution is 5.91. The van der Waals surface area contributed by atoms with E-state index in [-0.39, 0.29) is 18.4 Å². The molecule has 2 fully saturated rings. The molecule has 1 saturated heterocycles. The minimum atomic E-state index is -0.756. The fourth-order valence-electron chi connectivity index (χ4n) is 3.62. The van der Waals surface area contributed by atoms with Crippen LogP contribution in [0.5, 0.6) is 0 Å². The Morgan fingerprint density at radius 1 is 1.25 bits per heavy atom. The van der Waals surface area contributed by atoms with Crippen molar-refractivity contribution >= 4 is 11.8 Å². The van der Waals surface area contributed by atoms with Crippen LogP contribution < -0.4 is 5.32 Å². The molecule has 1 aromatic rings. The van der Waals surface area contributed by atoms with Crippen LogP contribution in [0.4, 0.5) is 0 Å². The van der Waals surface area contributed by atoms with Gasteiger partial charge in [-0.1, -0.05) is 19.3 Å². The van der Waals surface area contributed by atoms with Gasteiger partial charge >= 0.3 is 0 Å². The van der Waals surface area contributed by atoms with E-state index in [2.05, 4.69) is 10.4 Å². The Morgan fingerprint density at radius 3 is 2.58 bits per heavy atom. The lowest BCUT2D eigenvalue weighted by Gasteiger charge is -2.41. The fraction of sp³-hybridized carbons (Fsp3) is 0.706. The molecule has 2 amide bonds. The zero-order valence-electron chi connectivity index (χ0n) is 14.3. The Kier molecular flexibility index (Phi) is 5.18. The quantitative estimate of drug-likeness (QED) is 0.886. The van der Waals surface area contributed by atoms with Gasteiger partial charge < -0.3 is 15.0 Å². The lowest BCUT2D eigenvalue weighted by molar-refractivity contribution is -0.147. The van der Waals surface area contributed by atoms with E-state index in [1.165, 1.54) is 0 Å². The molecule has 0 bridgehead atoms. The monoisotopic (exact) mass is 334 g/mol. The summed E-state index contributed by atoms with van der Waals surface area (Å²) in [6.07, 6.45) is 6.17. The summed E-state index contributed by atoms with van der Waals surface area (Å²) >= 11 is 0. The first-order valence-corrected chi connectivity index (χ1v) is 8.77. The first kappa shape index (κ1) is 17.0. The van der Waals surface area contributed by atoms with Gasteiger partial charge in [-0.3, -0.25) is 14.3 Å². The van der Waals surface area contributed by atoms with Crippen LogP contribution in [0, 0.1) is 6.92 Å². The molecule has 2 heterocycles. The number of aromatic nitrogens is 2. The Hall–Kier alpha value is -1.89. The predicted octanol–water partition coefficient (Wildman–Crippen LogP) is 0.869. The maximum absolute atomic E-state index is 13.1. The molecule has 132 valence electrons. The van der Waals surface area contributed by atoms with Crippen molar-refractivity contribution in [3.05, 3.63) is 18.0 Å². The van der Waals surface area contributed by atoms with Crippen LogP contribution in [0.2, 0.25) is 0 Å². The molecule has 1 aliphatic carbocycles. The molecule has 0 aromatic carbocycles. The number of nitrogens with one attached hydrogen (secondary N) is 1. The number of carbonyl (C=O) groups excluding carboxylic acids is 2. The zero-order chi connectivity index (χ0) is 17.0. The first-order valence-electron chi connectivity index (χ1n) is 8.77. The molecule has 0 spiro atoms. The topological polar surface area (TPSA) is 76.5 Å². The number of hydrogen-bond donors (Lipinski definition) is 1. The molecular weight excluding hydrogens is 308 g/mol. The smallest absolute Gasteiger partial charge is 0.248 e. The third kappa shape index (κ3) is 3.61. The van der Waals surface area contributed by atoms with E-state index in [4.69, 9.17) is 4.74 Å². The van der Waals surface area contributed by atoms with Crippen molar-refractivity contribution in [1.82, 2.24) is 20.0 Å². The van der Waals surface area contributed by atoms with Crippen molar-refractivity contribution in [2.45, 2.75) is 51.1 Å². The summed E-state index contributed by atoms with van der Waals surface area (Å²) in [4.78, 5) is 27.5. The van der Waals surface area contributed by atoms with Gasteiger partial charge in [0.15, 0.2) is 0 Å². The maximum atomic E-state index is 13.1. The second-order valence-corrected chi connectivity index (χ2v) is 6.73. The lowest BCUT2D eigenvalue weighted by Crippen LogP contribution is -2.62. The predicted molar refractivity (Wildman–Crippen MR) is 88.3 cm³/mol. The van der Waals surface area contributed by atoms with Gasteiger partial charge in [-0.05, 0) is 25.8 Å². The maximum Gasteiger partial charge on any atom is 0.248 e. The summed E-state index contributed by atoms with van der Waals surface area (Å²) < 4.78 is 7.00. The number of hydrogen-bond acceptors (Lipinski definition) is 4. The second kappa shape index (κ2) is 7.34. The number of ether oxygens (including phenoxy) is 1. The number of aryl methyl sites for hydroxylation is 1. The number of carbonyl (C=O) groups is 2. The van der Waals surface area contributed by atoms with E-state index < -0.39 is 5.54 Å². The molecule has 7 heteroatoms. The van der Waals surface area contributed by atoms with E-state index in [1.54, 1.807) is 10.9 Å². The summed E-state index contributed by atoms with van der Waals surface area (Å²) in [5, 5.41) is 7.21. The normalized spacial score (nSPS) is 20.6. The average molecular weight is 334 g/mol. The number of morpholine rings is 1. The van der Waals surface area contributed by atoms with Gasteiger partial charge in [0.1, 0.15) is 12.1 Å². The Balaban J connectivity index is 1.71. The molecule has 1 aliphatic heterocycles. The number of amides is 2. The van der Waals surface area contributed by atoms with E-state index in [9.17, 15) is 9.59 Å². The van der Waals surface area contributed by atoms with Crippen LogP contribution in [-0.4, -0.2) is 58.3 Å². The van der Waals surface area contributed by atoms with E-state index >= 15 is 0 Å². The van der Waals surface area contributed by atoms with Crippen LogP contribution in [0.3, 0.4) is 0 Å². The van der Waals surface area contributed by atoms with Crippen LogP contribution in [-0.2, 0) is 20.9 Å². The SMILES string of the molecule is Cc1ccnn1CC(=O)NC1(C(=O)N2CCOCC2)CCCCC1. The molecule has 24 heavy (non-hydrogen) atoms. The van der Waals surface area contributed by atoms with Gasteiger partial charge in [0, 0.05) is 25.0 Å². The molecule has 1 N–H and O–H groups in total.